The van der Waals surface area contributed by atoms with Gasteiger partial charge in [0.15, 0.2) is 0 Å². The molecule has 2 aromatic rings. The monoisotopic (exact) mass is 459 g/mol. The number of rotatable bonds is 7. The van der Waals surface area contributed by atoms with Crippen molar-refractivity contribution in [2.45, 2.75) is 31.6 Å². The van der Waals surface area contributed by atoms with Crippen LogP contribution in [0.15, 0.2) is 53.4 Å². The minimum Gasteiger partial charge on any atom is -0.450 e. The van der Waals surface area contributed by atoms with E-state index in [-0.39, 0.29) is 16.9 Å². The van der Waals surface area contributed by atoms with Crippen LogP contribution in [-0.4, -0.2) is 63.0 Å². The number of aryl methyl sites for hydroxylation is 2. The molecule has 172 valence electrons. The fraction of sp³-hybridized carbons (Fsp3) is 0.391. The van der Waals surface area contributed by atoms with Crippen molar-refractivity contribution in [1.82, 2.24) is 9.80 Å². The standard InChI is InChI=1S/C23H29N3O5S/c1-3-31-23(28)26-16-14-25(15-17-26)22(27)13-8-19-6-11-21(12-7-19)32(29,30)24-20-9-4-18(2)5-10-20/h4-7,9-12,24H,3,8,13-17H2,1-2H3. The molecule has 0 radical (unpaired) electrons. The largest absolute Gasteiger partial charge is 0.450 e. The van der Waals surface area contributed by atoms with Crippen LogP contribution in [0.1, 0.15) is 24.5 Å². The Hall–Kier alpha value is -3.07. The van der Waals surface area contributed by atoms with Gasteiger partial charge in [-0.05, 0) is 50.1 Å². The van der Waals surface area contributed by atoms with Gasteiger partial charge in [-0.3, -0.25) is 9.52 Å². The van der Waals surface area contributed by atoms with Crippen molar-refractivity contribution < 1.29 is 22.7 Å². The summed E-state index contributed by atoms with van der Waals surface area (Å²) in [6.07, 6.45) is 0.502. The summed E-state index contributed by atoms with van der Waals surface area (Å²) in [4.78, 5) is 27.8. The maximum atomic E-state index is 12.6. The van der Waals surface area contributed by atoms with Crippen molar-refractivity contribution in [3.05, 3.63) is 59.7 Å². The predicted octanol–water partition coefficient (Wildman–Crippen LogP) is 3.03. The highest BCUT2D eigenvalue weighted by atomic mass is 32.2. The normalized spacial score (nSPS) is 14.2. The van der Waals surface area contributed by atoms with Crippen LogP contribution in [0.2, 0.25) is 0 Å². The van der Waals surface area contributed by atoms with Crippen LogP contribution < -0.4 is 4.72 Å². The third kappa shape index (κ3) is 6.23. The first kappa shape index (κ1) is 23.6. The van der Waals surface area contributed by atoms with E-state index in [1.54, 1.807) is 53.1 Å². The van der Waals surface area contributed by atoms with Crippen LogP contribution in [0.4, 0.5) is 10.5 Å². The lowest BCUT2D eigenvalue weighted by atomic mass is 10.1. The van der Waals surface area contributed by atoms with E-state index in [2.05, 4.69) is 4.72 Å². The number of benzene rings is 2. The number of nitrogens with one attached hydrogen (secondary N) is 1. The van der Waals surface area contributed by atoms with E-state index in [4.69, 9.17) is 4.74 Å². The Kier molecular flexibility index (Phi) is 7.74. The lowest BCUT2D eigenvalue weighted by Gasteiger charge is -2.34. The molecule has 0 spiro atoms. The molecule has 0 aliphatic carbocycles. The summed E-state index contributed by atoms with van der Waals surface area (Å²) in [5.41, 5.74) is 2.44. The van der Waals surface area contributed by atoms with Crippen LogP contribution in [0.3, 0.4) is 0 Å². The van der Waals surface area contributed by atoms with Gasteiger partial charge in [-0.15, -0.1) is 0 Å². The van der Waals surface area contributed by atoms with Gasteiger partial charge in [-0.1, -0.05) is 29.8 Å². The van der Waals surface area contributed by atoms with E-state index < -0.39 is 10.0 Å². The molecule has 1 N–H and O–H groups in total. The quantitative estimate of drug-likeness (QED) is 0.687. The molecule has 1 aliphatic heterocycles. The molecule has 0 atom stereocenters. The van der Waals surface area contributed by atoms with E-state index in [1.807, 2.05) is 19.1 Å². The lowest BCUT2D eigenvalue weighted by Crippen LogP contribution is -2.50. The number of carbonyl (C=O) groups is 2. The Morgan fingerprint density at radius 2 is 1.53 bits per heavy atom. The minimum absolute atomic E-state index is 0.0197. The third-order valence-electron chi connectivity index (χ3n) is 5.32. The van der Waals surface area contributed by atoms with Gasteiger partial charge in [0.25, 0.3) is 10.0 Å². The molecule has 2 aromatic carbocycles. The molecule has 8 nitrogen and oxygen atoms in total. The first-order chi connectivity index (χ1) is 15.3. The first-order valence-electron chi connectivity index (χ1n) is 10.7. The van der Waals surface area contributed by atoms with Crippen molar-refractivity contribution in [1.29, 1.82) is 0 Å². The molecular weight excluding hydrogens is 430 g/mol. The molecule has 0 bridgehead atoms. The molecule has 32 heavy (non-hydrogen) atoms. The number of amides is 2. The van der Waals surface area contributed by atoms with Crippen molar-refractivity contribution in [2.24, 2.45) is 0 Å². The molecular formula is C23H29N3O5S. The fourth-order valence-corrected chi connectivity index (χ4v) is 4.49. The zero-order valence-corrected chi connectivity index (χ0v) is 19.2. The average molecular weight is 460 g/mol. The molecule has 2 amide bonds. The van der Waals surface area contributed by atoms with Crippen molar-refractivity contribution in [2.75, 3.05) is 37.5 Å². The molecule has 1 fully saturated rings. The number of anilines is 1. The molecule has 3 rings (SSSR count). The van der Waals surface area contributed by atoms with Crippen LogP contribution in [0.25, 0.3) is 0 Å². The maximum Gasteiger partial charge on any atom is 0.409 e. The minimum atomic E-state index is -3.68. The van der Waals surface area contributed by atoms with E-state index in [9.17, 15) is 18.0 Å². The van der Waals surface area contributed by atoms with Gasteiger partial charge in [-0.25, -0.2) is 13.2 Å². The molecule has 0 unspecified atom stereocenters. The first-order valence-corrected chi connectivity index (χ1v) is 12.1. The Bertz CT molecular complexity index is 1030. The molecule has 1 saturated heterocycles. The van der Waals surface area contributed by atoms with Gasteiger partial charge in [-0.2, -0.15) is 0 Å². The molecule has 1 aliphatic rings. The van der Waals surface area contributed by atoms with Crippen LogP contribution >= 0.6 is 0 Å². The van der Waals surface area contributed by atoms with Crippen LogP contribution in [0, 0.1) is 6.92 Å². The van der Waals surface area contributed by atoms with Gasteiger partial charge in [0.05, 0.1) is 11.5 Å². The average Bonchev–Trinajstić information content (AvgIpc) is 2.79. The van der Waals surface area contributed by atoms with Gasteiger partial charge < -0.3 is 14.5 Å². The maximum absolute atomic E-state index is 12.6. The van der Waals surface area contributed by atoms with Crippen LogP contribution in [-0.2, 0) is 26.0 Å². The summed E-state index contributed by atoms with van der Waals surface area (Å²) in [6, 6.07) is 13.7. The van der Waals surface area contributed by atoms with Gasteiger partial charge in [0.2, 0.25) is 5.91 Å². The van der Waals surface area contributed by atoms with E-state index in [0.717, 1.165) is 11.1 Å². The zero-order chi connectivity index (χ0) is 23.1. The Morgan fingerprint density at radius 1 is 0.938 bits per heavy atom. The number of ether oxygens (including phenoxy) is 1. The van der Waals surface area contributed by atoms with E-state index in [0.29, 0.717) is 51.3 Å². The number of nitrogens with zero attached hydrogens (tertiary/aromatic N) is 2. The zero-order valence-electron chi connectivity index (χ0n) is 18.4. The highest BCUT2D eigenvalue weighted by Crippen LogP contribution is 2.18. The van der Waals surface area contributed by atoms with Crippen molar-refractivity contribution >= 4 is 27.7 Å². The van der Waals surface area contributed by atoms with Crippen molar-refractivity contribution in [3.63, 3.8) is 0 Å². The number of carbonyl (C=O) groups excluding carboxylic acids is 2. The highest BCUT2D eigenvalue weighted by molar-refractivity contribution is 7.92. The molecule has 0 aromatic heterocycles. The van der Waals surface area contributed by atoms with Gasteiger partial charge in [0, 0.05) is 38.3 Å². The molecule has 0 saturated carbocycles. The predicted molar refractivity (Wildman–Crippen MR) is 122 cm³/mol. The van der Waals surface area contributed by atoms with E-state index >= 15 is 0 Å². The summed E-state index contributed by atoms with van der Waals surface area (Å²) in [6.45, 7) is 5.93. The Morgan fingerprint density at radius 3 is 2.12 bits per heavy atom. The number of piperazine rings is 1. The SMILES string of the molecule is CCOC(=O)N1CCN(C(=O)CCc2ccc(S(=O)(=O)Nc3ccc(C)cc3)cc2)CC1. The Labute approximate surface area is 189 Å². The van der Waals surface area contributed by atoms with E-state index in [1.165, 1.54) is 0 Å². The summed E-state index contributed by atoms with van der Waals surface area (Å²) in [5, 5.41) is 0. The second kappa shape index (κ2) is 10.5. The van der Waals surface area contributed by atoms with Gasteiger partial charge in [0.1, 0.15) is 0 Å². The van der Waals surface area contributed by atoms with Gasteiger partial charge >= 0.3 is 6.09 Å². The second-order valence-electron chi connectivity index (χ2n) is 7.68. The topological polar surface area (TPSA) is 96.0 Å². The lowest BCUT2D eigenvalue weighted by molar-refractivity contribution is -0.132. The summed E-state index contributed by atoms with van der Waals surface area (Å²) in [5.74, 6) is 0.0197. The Balaban J connectivity index is 1.50. The third-order valence-corrected chi connectivity index (χ3v) is 6.72. The smallest absolute Gasteiger partial charge is 0.409 e. The van der Waals surface area contributed by atoms with Crippen LogP contribution in [0.5, 0.6) is 0 Å². The number of sulfonamides is 1. The fourth-order valence-electron chi connectivity index (χ4n) is 3.43. The second-order valence-corrected chi connectivity index (χ2v) is 9.36. The summed E-state index contributed by atoms with van der Waals surface area (Å²) >= 11 is 0. The summed E-state index contributed by atoms with van der Waals surface area (Å²) < 4.78 is 32.7. The number of hydrogen-bond donors (Lipinski definition) is 1. The summed E-state index contributed by atoms with van der Waals surface area (Å²) in [7, 11) is -3.68. The number of hydrogen-bond acceptors (Lipinski definition) is 5. The highest BCUT2D eigenvalue weighted by Gasteiger charge is 2.24. The van der Waals surface area contributed by atoms with Crippen molar-refractivity contribution in [3.8, 4) is 0 Å². The molecule has 9 heteroatoms. The molecule has 1 heterocycles.